The van der Waals surface area contributed by atoms with Crippen LogP contribution in [0.3, 0.4) is 0 Å². The Morgan fingerprint density at radius 1 is 1.29 bits per heavy atom. The lowest BCUT2D eigenvalue weighted by Gasteiger charge is -2.35. The van der Waals surface area contributed by atoms with Crippen LogP contribution in [0.1, 0.15) is 44.1 Å². The van der Waals surface area contributed by atoms with E-state index < -0.39 is 5.09 Å². The molecule has 7 nitrogen and oxygen atoms in total. The zero-order valence-electron chi connectivity index (χ0n) is 13.4. The molecule has 2 rings (SSSR count). The van der Waals surface area contributed by atoms with Crippen molar-refractivity contribution in [2.24, 2.45) is 11.1 Å². The van der Waals surface area contributed by atoms with Crippen LogP contribution in [0.5, 0.6) is 5.75 Å². The highest BCUT2D eigenvalue weighted by Crippen LogP contribution is 2.38. The van der Waals surface area contributed by atoms with Crippen molar-refractivity contribution in [2.75, 3.05) is 6.54 Å². The van der Waals surface area contributed by atoms with Crippen LogP contribution in [0, 0.1) is 15.5 Å². The molecule has 1 fully saturated rings. The number of carbonyl (C=O) groups is 1. The topological polar surface area (TPSA) is 105 Å². The molecule has 8 heteroatoms. The highest BCUT2D eigenvalue weighted by atomic mass is 35.5. The van der Waals surface area contributed by atoms with Crippen molar-refractivity contribution in [3.8, 4) is 5.75 Å². The van der Waals surface area contributed by atoms with E-state index in [0.717, 1.165) is 25.7 Å². The minimum Gasteiger partial charge on any atom is -0.427 e. The summed E-state index contributed by atoms with van der Waals surface area (Å²) in [5, 5.41) is 9.36. The Kier molecular flexibility index (Phi) is 7.94. The van der Waals surface area contributed by atoms with E-state index in [4.69, 9.17) is 10.5 Å². The van der Waals surface area contributed by atoms with Gasteiger partial charge in [-0.25, -0.2) is 0 Å². The Hall–Kier alpha value is -1.86. The number of rotatable bonds is 7. The zero-order chi connectivity index (χ0) is 16.7. The van der Waals surface area contributed by atoms with Crippen LogP contribution in [0.25, 0.3) is 0 Å². The Labute approximate surface area is 147 Å². The Balaban J connectivity index is 0.00000288. The molecule has 1 aromatic rings. The molecule has 1 saturated carbocycles. The lowest BCUT2D eigenvalue weighted by Crippen LogP contribution is -2.36. The number of ether oxygens (including phenoxy) is 1. The molecular formula is C16H23ClN2O5. The summed E-state index contributed by atoms with van der Waals surface area (Å²) in [5.74, 6) is 0.0483. The number of nitrogens with two attached hydrogens (primary N) is 1. The van der Waals surface area contributed by atoms with Gasteiger partial charge in [0.1, 0.15) is 12.4 Å². The van der Waals surface area contributed by atoms with Crippen LogP contribution >= 0.6 is 12.4 Å². The molecule has 0 atom stereocenters. The van der Waals surface area contributed by atoms with Gasteiger partial charge in [-0.1, -0.05) is 31.4 Å². The van der Waals surface area contributed by atoms with E-state index >= 15 is 0 Å². The van der Waals surface area contributed by atoms with Crippen LogP contribution < -0.4 is 10.5 Å². The van der Waals surface area contributed by atoms with Crippen molar-refractivity contribution in [1.29, 1.82) is 0 Å². The van der Waals surface area contributed by atoms with Gasteiger partial charge in [0.25, 0.3) is 5.09 Å². The summed E-state index contributed by atoms with van der Waals surface area (Å²) >= 11 is 0. The SMILES string of the molecule is Cl.NCC1(CC(=O)Oc2cccc(CO[N+](=O)[O-])c2)CCCCC1. The van der Waals surface area contributed by atoms with Crippen molar-refractivity contribution in [3.05, 3.63) is 39.9 Å². The van der Waals surface area contributed by atoms with Crippen LogP contribution in [0.15, 0.2) is 24.3 Å². The first-order valence-corrected chi connectivity index (χ1v) is 7.80. The average molecular weight is 359 g/mol. The molecule has 0 spiro atoms. The fourth-order valence-electron chi connectivity index (χ4n) is 3.05. The van der Waals surface area contributed by atoms with E-state index in [1.54, 1.807) is 24.3 Å². The van der Waals surface area contributed by atoms with Gasteiger partial charge in [-0.15, -0.1) is 22.5 Å². The molecule has 1 aromatic carbocycles. The van der Waals surface area contributed by atoms with E-state index in [1.165, 1.54) is 6.42 Å². The second-order valence-corrected chi connectivity index (χ2v) is 6.06. The fourth-order valence-corrected chi connectivity index (χ4v) is 3.05. The van der Waals surface area contributed by atoms with E-state index in [2.05, 4.69) is 4.84 Å². The van der Waals surface area contributed by atoms with Crippen molar-refractivity contribution < 1.29 is 19.5 Å². The molecule has 134 valence electrons. The summed E-state index contributed by atoms with van der Waals surface area (Å²) in [4.78, 5) is 26.7. The lowest BCUT2D eigenvalue weighted by atomic mass is 9.72. The molecular weight excluding hydrogens is 336 g/mol. The molecule has 1 aliphatic rings. The van der Waals surface area contributed by atoms with Gasteiger partial charge < -0.3 is 15.3 Å². The first-order valence-electron chi connectivity index (χ1n) is 7.80. The Bertz CT molecular complexity index is 561. The third-order valence-corrected chi connectivity index (χ3v) is 4.33. The maximum atomic E-state index is 12.2. The largest absolute Gasteiger partial charge is 0.427 e. The molecule has 0 bridgehead atoms. The van der Waals surface area contributed by atoms with Gasteiger partial charge >= 0.3 is 5.97 Å². The zero-order valence-corrected chi connectivity index (χ0v) is 14.3. The summed E-state index contributed by atoms with van der Waals surface area (Å²) in [5.41, 5.74) is 6.30. The molecule has 24 heavy (non-hydrogen) atoms. The molecule has 0 saturated heterocycles. The highest BCUT2D eigenvalue weighted by Gasteiger charge is 2.33. The third-order valence-electron chi connectivity index (χ3n) is 4.33. The number of hydrogen-bond donors (Lipinski definition) is 1. The standard InChI is InChI=1S/C16H22N2O5.ClH/c17-12-16(7-2-1-3-8-16)10-15(19)23-14-6-4-5-13(9-14)11-22-18(20)21;/h4-6,9H,1-3,7-8,10-12,17H2;1H. The van der Waals surface area contributed by atoms with Gasteiger partial charge in [0.05, 0.1) is 6.42 Å². The number of carbonyl (C=O) groups excluding carboxylic acids is 1. The molecule has 0 heterocycles. The van der Waals surface area contributed by atoms with Crippen molar-refractivity contribution in [2.45, 2.75) is 45.1 Å². The smallest absolute Gasteiger partial charge is 0.311 e. The van der Waals surface area contributed by atoms with Gasteiger partial charge in [-0.3, -0.25) is 4.79 Å². The molecule has 0 unspecified atom stereocenters. The van der Waals surface area contributed by atoms with E-state index in [9.17, 15) is 14.9 Å². The third kappa shape index (κ3) is 5.98. The normalized spacial score (nSPS) is 15.9. The van der Waals surface area contributed by atoms with E-state index in [-0.39, 0.29) is 30.4 Å². The summed E-state index contributed by atoms with van der Waals surface area (Å²) in [7, 11) is 0. The van der Waals surface area contributed by atoms with Crippen molar-refractivity contribution >= 4 is 18.4 Å². The highest BCUT2D eigenvalue weighted by molar-refractivity contribution is 5.85. The molecule has 0 radical (unpaired) electrons. The summed E-state index contributed by atoms with van der Waals surface area (Å²) in [6.45, 7) is 0.309. The van der Waals surface area contributed by atoms with E-state index in [0.29, 0.717) is 24.3 Å². The average Bonchev–Trinajstić information content (AvgIpc) is 2.54. The van der Waals surface area contributed by atoms with Gasteiger partial charge in [-0.2, -0.15) is 0 Å². The molecule has 1 aliphatic carbocycles. The van der Waals surface area contributed by atoms with Crippen LogP contribution in [-0.2, 0) is 16.2 Å². The van der Waals surface area contributed by atoms with Gasteiger partial charge in [0.15, 0.2) is 0 Å². The Morgan fingerprint density at radius 2 is 2.00 bits per heavy atom. The maximum Gasteiger partial charge on any atom is 0.311 e. The Morgan fingerprint density at radius 3 is 2.62 bits per heavy atom. The maximum absolute atomic E-state index is 12.2. The predicted octanol–water partition coefficient (Wildman–Crippen LogP) is 3.02. The number of hydrogen-bond acceptors (Lipinski definition) is 6. The summed E-state index contributed by atoms with van der Waals surface area (Å²) in [6, 6.07) is 6.55. The summed E-state index contributed by atoms with van der Waals surface area (Å²) < 4.78 is 5.37. The van der Waals surface area contributed by atoms with Crippen LogP contribution in [0.2, 0.25) is 0 Å². The molecule has 2 N–H and O–H groups in total. The minimum absolute atomic E-state index is 0. The van der Waals surface area contributed by atoms with E-state index in [1.807, 2.05) is 0 Å². The minimum atomic E-state index is -0.854. The number of benzene rings is 1. The van der Waals surface area contributed by atoms with Gasteiger partial charge in [0, 0.05) is 0 Å². The number of halogens is 1. The first kappa shape index (κ1) is 20.2. The van der Waals surface area contributed by atoms with Crippen LogP contribution in [0.4, 0.5) is 0 Å². The monoisotopic (exact) mass is 358 g/mol. The predicted molar refractivity (Wildman–Crippen MR) is 90.3 cm³/mol. The summed E-state index contributed by atoms with van der Waals surface area (Å²) in [6.07, 6.45) is 5.59. The van der Waals surface area contributed by atoms with Gasteiger partial charge in [-0.05, 0) is 42.5 Å². The number of esters is 1. The van der Waals surface area contributed by atoms with Crippen LogP contribution in [-0.4, -0.2) is 17.6 Å². The quantitative estimate of drug-likeness (QED) is 0.347. The second-order valence-electron chi connectivity index (χ2n) is 6.06. The molecule has 0 amide bonds. The van der Waals surface area contributed by atoms with Gasteiger partial charge in [0.2, 0.25) is 0 Å². The van der Waals surface area contributed by atoms with Crippen molar-refractivity contribution in [3.63, 3.8) is 0 Å². The van der Waals surface area contributed by atoms with Crippen molar-refractivity contribution in [1.82, 2.24) is 0 Å². The fraction of sp³-hybridized carbons (Fsp3) is 0.562. The molecule has 0 aromatic heterocycles. The molecule has 0 aliphatic heterocycles. The lowest BCUT2D eigenvalue weighted by molar-refractivity contribution is -0.763. The number of nitrogens with zero attached hydrogens (tertiary/aromatic N) is 1. The first-order chi connectivity index (χ1) is 11.0. The second kappa shape index (κ2) is 9.44.